The molecule has 0 fully saturated rings. The van der Waals surface area contributed by atoms with E-state index in [1.807, 2.05) is 42.5 Å². The Morgan fingerprint density at radius 2 is 1.35 bits per heavy atom. The lowest BCUT2D eigenvalue weighted by Crippen LogP contribution is -2.43. The quantitative estimate of drug-likeness (QED) is 0.175. The Hall–Kier alpha value is -5.18. The first kappa shape index (κ1) is 32.2. The van der Waals surface area contributed by atoms with Gasteiger partial charge in [0.25, 0.3) is 5.91 Å². The Kier molecular flexibility index (Phi) is 9.14. The van der Waals surface area contributed by atoms with Gasteiger partial charge in [0.1, 0.15) is 23.2 Å². The van der Waals surface area contributed by atoms with Crippen LogP contribution in [0.2, 0.25) is 0 Å². The number of fused-ring (bicyclic) bond motifs is 1. The highest BCUT2D eigenvalue weighted by atomic mass is 19.4. The second-order valence-corrected chi connectivity index (χ2v) is 12.0. The van der Waals surface area contributed by atoms with Crippen molar-refractivity contribution in [3.8, 4) is 22.6 Å². The monoisotopic (exact) mass is 626 g/mol. The number of alkyl halides is 3. The largest absolute Gasteiger partial charge is 0.467 e. The fourth-order valence-corrected chi connectivity index (χ4v) is 4.95. The van der Waals surface area contributed by atoms with Crippen LogP contribution in [0.15, 0.2) is 103 Å². The van der Waals surface area contributed by atoms with E-state index in [0.29, 0.717) is 22.6 Å². The van der Waals surface area contributed by atoms with Crippen LogP contribution in [0.1, 0.15) is 48.0 Å². The molecule has 0 saturated carbocycles. The van der Waals surface area contributed by atoms with Crippen molar-refractivity contribution in [3.05, 3.63) is 126 Å². The normalized spacial score (nSPS) is 12.4. The van der Waals surface area contributed by atoms with E-state index in [1.54, 1.807) is 36.5 Å². The molecule has 1 aromatic heterocycles. The second kappa shape index (κ2) is 13.0. The maximum absolute atomic E-state index is 13.2. The highest BCUT2D eigenvalue weighted by Crippen LogP contribution is 2.32. The molecule has 1 atom stereocenters. The SMILES string of the molecule is COC(=O)[C@H](Cc1ccc(-c2ccc(C(F)(F)F)cc2)cc1)NC(=O)c1cc2cc(Oc3ccc(C(C)(C)C)cc3)ccc2cn1. The van der Waals surface area contributed by atoms with Crippen molar-refractivity contribution in [1.82, 2.24) is 10.3 Å². The molecule has 1 amide bonds. The number of methoxy groups -OCH3 is 1. The van der Waals surface area contributed by atoms with Crippen LogP contribution in [-0.4, -0.2) is 30.0 Å². The first-order valence-corrected chi connectivity index (χ1v) is 14.6. The molecule has 9 heteroatoms. The maximum Gasteiger partial charge on any atom is 0.416 e. The van der Waals surface area contributed by atoms with Crippen molar-refractivity contribution in [3.63, 3.8) is 0 Å². The van der Waals surface area contributed by atoms with Gasteiger partial charge in [0.15, 0.2) is 0 Å². The second-order valence-electron chi connectivity index (χ2n) is 12.0. The summed E-state index contributed by atoms with van der Waals surface area (Å²) in [5, 5.41) is 4.27. The van der Waals surface area contributed by atoms with Crippen molar-refractivity contribution in [1.29, 1.82) is 0 Å². The number of amides is 1. The number of carbonyl (C=O) groups is 2. The lowest BCUT2D eigenvalue weighted by atomic mass is 9.87. The molecule has 0 aliphatic heterocycles. The van der Waals surface area contributed by atoms with Gasteiger partial charge >= 0.3 is 12.1 Å². The Morgan fingerprint density at radius 3 is 1.93 bits per heavy atom. The van der Waals surface area contributed by atoms with E-state index in [0.717, 1.165) is 28.5 Å². The van der Waals surface area contributed by atoms with Gasteiger partial charge in [-0.1, -0.05) is 69.3 Å². The molecule has 0 saturated heterocycles. The van der Waals surface area contributed by atoms with Crippen molar-refractivity contribution in [2.75, 3.05) is 7.11 Å². The topological polar surface area (TPSA) is 77.5 Å². The summed E-state index contributed by atoms with van der Waals surface area (Å²) in [6.07, 6.45) is -2.70. The molecular weight excluding hydrogens is 593 g/mol. The maximum atomic E-state index is 13.2. The number of halogens is 3. The lowest BCUT2D eigenvalue weighted by molar-refractivity contribution is -0.143. The van der Waals surface area contributed by atoms with Crippen LogP contribution < -0.4 is 10.1 Å². The third kappa shape index (κ3) is 7.72. The Bertz CT molecular complexity index is 1840. The van der Waals surface area contributed by atoms with Crippen molar-refractivity contribution in [2.45, 2.75) is 44.8 Å². The number of benzene rings is 4. The first-order chi connectivity index (χ1) is 21.8. The fourth-order valence-electron chi connectivity index (χ4n) is 4.95. The summed E-state index contributed by atoms with van der Waals surface area (Å²) in [5.74, 6) is 0.102. The number of aromatic nitrogens is 1. The van der Waals surface area contributed by atoms with E-state index < -0.39 is 29.7 Å². The fraction of sp³-hybridized carbons (Fsp3) is 0.216. The number of hydrogen-bond donors (Lipinski definition) is 1. The molecule has 0 aliphatic carbocycles. The minimum Gasteiger partial charge on any atom is -0.467 e. The van der Waals surface area contributed by atoms with Crippen molar-refractivity contribution in [2.24, 2.45) is 0 Å². The molecule has 0 unspecified atom stereocenters. The van der Waals surface area contributed by atoms with Gasteiger partial charge in [-0.2, -0.15) is 13.2 Å². The lowest BCUT2D eigenvalue weighted by Gasteiger charge is -2.19. The molecule has 0 spiro atoms. The average Bonchev–Trinajstić information content (AvgIpc) is 3.03. The average molecular weight is 627 g/mol. The highest BCUT2D eigenvalue weighted by molar-refractivity contribution is 5.98. The number of ether oxygens (including phenoxy) is 2. The highest BCUT2D eigenvalue weighted by Gasteiger charge is 2.30. The number of nitrogens with zero attached hydrogens (tertiary/aromatic N) is 1. The number of esters is 1. The molecule has 5 aromatic rings. The summed E-state index contributed by atoms with van der Waals surface area (Å²) in [7, 11) is 1.24. The van der Waals surface area contributed by atoms with E-state index in [-0.39, 0.29) is 17.5 Å². The minimum absolute atomic E-state index is 0.0291. The van der Waals surface area contributed by atoms with Gasteiger partial charge in [-0.15, -0.1) is 0 Å². The van der Waals surface area contributed by atoms with Gasteiger partial charge in [-0.25, -0.2) is 4.79 Å². The zero-order valence-electron chi connectivity index (χ0n) is 25.8. The van der Waals surface area contributed by atoms with E-state index in [2.05, 4.69) is 31.1 Å². The number of hydrogen-bond acceptors (Lipinski definition) is 5. The van der Waals surface area contributed by atoms with E-state index >= 15 is 0 Å². The summed E-state index contributed by atoms with van der Waals surface area (Å²) in [5.41, 5.74) is 2.66. The van der Waals surface area contributed by atoms with Crippen molar-refractivity contribution < 1.29 is 32.2 Å². The van der Waals surface area contributed by atoms with Crippen LogP contribution >= 0.6 is 0 Å². The Balaban J connectivity index is 1.28. The molecular formula is C37H33F3N2O4. The number of rotatable bonds is 8. The number of pyridine rings is 1. The summed E-state index contributed by atoms with van der Waals surface area (Å²) in [6.45, 7) is 6.44. The molecule has 6 nitrogen and oxygen atoms in total. The Labute approximate surface area is 265 Å². The van der Waals surface area contributed by atoms with Gasteiger partial charge < -0.3 is 14.8 Å². The molecule has 4 aromatic carbocycles. The smallest absolute Gasteiger partial charge is 0.416 e. The molecule has 5 rings (SSSR count). The Morgan fingerprint density at radius 1 is 0.761 bits per heavy atom. The van der Waals surface area contributed by atoms with Gasteiger partial charge in [0.2, 0.25) is 0 Å². The van der Waals surface area contributed by atoms with Crippen LogP contribution in [0.5, 0.6) is 11.5 Å². The van der Waals surface area contributed by atoms with Crippen LogP contribution in [0.3, 0.4) is 0 Å². The van der Waals surface area contributed by atoms with Gasteiger partial charge in [0, 0.05) is 18.0 Å². The number of carbonyl (C=O) groups excluding carboxylic acids is 2. The predicted octanol–water partition coefficient (Wildman–Crippen LogP) is 8.52. The van der Waals surface area contributed by atoms with Gasteiger partial charge in [-0.3, -0.25) is 9.78 Å². The molecule has 0 radical (unpaired) electrons. The summed E-state index contributed by atoms with van der Waals surface area (Å²) < 4.78 is 49.7. The standard InChI is InChI=1S/C37H33F3N2O4/c1-36(2,3)28-14-17-30(18-15-28)46-31-16-11-26-22-41-32(21-27(26)20-31)34(43)42-33(35(44)45-4)19-23-5-7-24(8-6-23)25-9-12-29(13-10-25)37(38,39)40/h5-18,20-22,33H,19H2,1-4H3,(H,42,43)/t33-/m0/s1. The van der Waals surface area contributed by atoms with E-state index in [1.165, 1.54) is 24.8 Å². The zero-order valence-corrected chi connectivity index (χ0v) is 25.8. The zero-order chi connectivity index (χ0) is 33.1. The third-order valence-corrected chi connectivity index (χ3v) is 7.61. The van der Waals surface area contributed by atoms with Gasteiger partial charge in [0.05, 0.1) is 12.7 Å². The summed E-state index contributed by atoms with van der Waals surface area (Å²) >= 11 is 0. The van der Waals surface area contributed by atoms with Gasteiger partial charge in [-0.05, 0) is 81.6 Å². The van der Waals surface area contributed by atoms with Crippen LogP contribution in [0.4, 0.5) is 13.2 Å². The molecule has 0 aliphatic rings. The van der Waals surface area contributed by atoms with Crippen LogP contribution in [-0.2, 0) is 27.5 Å². The van der Waals surface area contributed by atoms with Crippen molar-refractivity contribution >= 4 is 22.6 Å². The molecule has 1 heterocycles. The number of nitrogens with one attached hydrogen (secondary N) is 1. The predicted molar refractivity (Wildman–Crippen MR) is 171 cm³/mol. The summed E-state index contributed by atoms with van der Waals surface area (Å²) in [6, 6.07) is 25.9. The third-order valence-electron chi connectivity index (χ3n) is 7.61. The molecule has 0 bridgehead atoms. The molecule has 46 heavy (non-hydrogen) atoms. The van der Waals surface area contributed by atoms with E-state index in [4.69, 9.17) is 9.47 Å². The minimum atomic E-state index is -4.41. The van der Waals surface area contributed by atoms with Crippen LogP contribution in [0.25, 0.3) is 21.9 Å². The van der Waals surface area contributed by atoms with E-state index in [9.17, 15) is 22.8 Å². The van der Waals surface area contributed by atoms with Crippen LogP contribution in [0, 0.1) is 0 Å². The molecule has 1 N–H and O–H groups in total. The first-order valence-electron chi connectivity index (χ1n) is 14.6. The summed E-state index contributed by atoms with van der Waals surface area (Å²) in [4.78, 5) is 30.2. The molecule has 236 valence electrons.